The zero-order chi connectivity index (χ0) is 25.0. The van der Waals surface area contributed by atoms with Crippen molar-refractivity contribution in [2.24, 2.45) is 0 Å². The van der Waals surface area contributed by atoms with Crippen LogP contribution in [-0.4, -0.2) is 88.8 Å². The summed E-state index contributed by atoms with van der Waals surface area (Å²) in [5.74, 6) is -1.21. The maximum atomic E-state index is 12.3. The van der Waals surface area contributed by atoms with Gasteiger partial charge in [-0.05, 0) is 43.4 Å². The molecule has 1 fully saturated rings. The molecule has 10 nitrogen and oxygen atoms in total. The number of nitrogens with zero attached hydrogens (tertiary/aromatic N) is 3. The molecule has 1 aromatic carbocycles. The molecule has 0 unspecified atom stereocenters. The molecule has 3 rings (SSSR count). The molecular weight excluding hydrogens is 470 g/mol. The van der Waals surface area contributed by atoms with Crippen LogP contribution in [0.4, 0.5) is 9.80 Å². The smallest absolute Gasteiger partial charge is 0.344 e. The number of hydrogen-bond donors (Lipinski definition) is 4. The van der Waals surface area contributed by atoms with Gasteiger partial charge in [-0.3, -0.25) is 10.2 Å². The van der Waals surface area contributed by atoms with E-state index in [1.54, 1.807) is 0 Å². The van der Waals surface area contributed by atoms with Gasteiger partial charge in [-0.2, -0.15) is 4.37 Å². The molecule has 0 saturated carbocycles. The number of β-amino-alcohol motifs (C(OH)–C–C–N with tert-alkyl or cyclic N) is 1. The summed E-state index contributed by atoms with van der Waals surface area (Å²) in [6.45, 7) is 8.73. The number of rotatable bonds is 13. The number of unbranched alkanes of at least 4 members (excludes halogenated alkanes) is 2. The van der Waals surface area contributed by atoms with Gasteiger partial charge in [-0.25, -0.2) is 9.59 Å². The Labute approximate surface area is 210 Å². The number of amides is 2. The number of piperazine rings is 1. The molecule has 11 heteroatoms. The van der Waals surface area contributed by atoms with Crippen LogP contribution in [0.15, 0.2) is 24.3 Å². The number of carbonyl (C=O) groups is 2. The molecule has 1 aliphatic rings. The lowest BCUT2D eigenvalue weighted by molar-refractivity contribution is 0.0693. The van der Waals surface area contributed by atoms with Gasteiger partial charge in [0.2, 0.25) is 5.88 Å². The lowest BCUT2D eigenvalue weighted by atomic mass is 10.2. The van der Waals surface area contributed by atoms with Crippen LogP contribution < -0.4 is 15.4 Å². The number of ether oxygens (including phenoxy) is 1. The number of carboxylic acids is 1. The average molecular weight is 506 g/mol. The van der Waals surface area contributed by atoms with Gasteiger partial charge in [-0.15, -0.1) is 0 Å². The molecule has 0 bridgehead atoms. The molecule has 0 atom stereocenters. The van der Waals surface area contributed by atoms with Crippen LogP contribution in [0.3, 0.4) is 0 Å². The lowest BCUT2D eigenvalue weighted by Crippen LogP contribution is -2.47. The van der Waals surface area contributed by atoms with Crippen molar-refractivity contribution in [3.63, 3.8) is 0 Å². The largest absolute Gasteiger partial charge is 0.477 e. The first-order chi connectivity index (χ1) is 17.0. The van der Waals surface area contributed by atoms with Gasteiger partial charge >= 0.3 is 12.0 Å². The quantitative estimate of drug-likeness (QED) is 0.306. The van der Waals surface area contributed by atoms with Crippen molar-refractivity contribution in [3.8, 4) is 5.88 Å². The van der Waals surface area contributed by atoms with E-state index < -0.39 is 12.0 Å². The number of anilines is 1. The maximum absolute atomic E-state index is 12.3. The van der Waals surface area contributed by atoms with E-state index in [9.17, 15) is 14.7 Å². The maximum Gasteiger partial charge on any atom is 0.344 e. The van der Waals surface area contributed by atoms with Crippen molar-refractivity contribution in [2.45, 2.75) is 32.8 Å². The van der Waals surface area contributed by atoms with Crippen LogP contribution in [0, 0.1) is 6.92 Å². The molecule has 4 N–H and O–H groups in total. The Morgan fingerprint density at radius 3 is 2.40 bits per heavy atom. The van der Waals surface area contributed by atoms with Gasteiger partial charge in [0.25, 0.3) is 0 Å². The highest BCUT2D eigenvalue weighted by molar-refractivity contribution is 7.11. The van der Waals surface area contributed by atoms with Crippen LogP contribution in [-0.2, 0) is 6.61 Å². The van der Waals surface area contributed by atoms with Crippen LogP contribution in [0.25, 0.3) is 0 Å². The van der Waals surface area contributed by atoms with Crippen molar-refractivity contribution in [3.05, 3.63) is 41.0 Å². The molecule has 0 spiro atoms. The van der Waals surface area contributed by atoms with E-state index in [1.807, 2.05) is 31.2 Å². The van der Waals surface area contributed by atoms with Gasteiger partial charge in [0.05, 0.1) is 6.61 Å². The highest BCUT2D eigenvalue weighted by atomic mass is 32.1. The Hall–Kier alpha value is -2.73. The summed E-state index contributed by atoms with van der Waals surface area (Å²) in [6.07, 6.45) is 2.90. The van der Waals surface area contributed by atoms with Crippen molar-refractivity contribution in [1.29, 1.82) is 0 Å². The van der Waals surface area contributed by atoms with E-state index in [1.165, 1.54) is 0 Å². The second kappa shape index (κ2) is 14.0. The molecule has 35 heavy (non-hydrogen) atoms. The number of nitrogens with one attached hydrogen (secondary N) is 2. The number of aliphatic hydroxyl groups excluding tert-OH is 1. The Kier molecular flexibility index (Phi) is 10.7. The number of carboxylic acid groups (broad SMARTS) is 1. The molecule has 0 aliphatic carbocycles. The number of urea groups is 1. The molecule has 2 amide bonds. The second-order valence-corrected chi connectivity index (χ2v) is 9.39. The fourth-order valence-corrected chi connectivity index (χ4v) is 4.57. The second-order valence-electron chi connectivity index (χ2n) is 8.62. The first-order valence-electron chi connectivity index (χ1n) is 12.0. The van der Waals surface area contributed by atoms with E-state index in [4.69, 9.17) is 9.84 Å². The van der Waals surface area contributed by atoms with E-state index in [-0.39, 0.29) is 29.7 Å². The molecular formula is C24H35N5O5S. The number of aryl methyl sites for hydroxylation is 1. The molecule has 2 heterocycles. The SMILES string of the molecule is Cc1ccc(COc2nsc(NC(=O)NCCCCCN3CCN(CCO)CC3)c2C(=O)O)cc1. The summed E-state index contributed by atoms with van der Waals surface area (Å²) >= 11 is 0.886. The minimum atomic E-state index is -1.20. The summed E-state index contributed by atoms with van der Waals surface area (Å²) in [5.41, 5.74) is 1.88. The number of aliphatic hydroxyl groups is 1. The normalized spacial score (nSPS) is 14.6. The number of aromatic carboxylic acids is 1. The van der Waals surface area contributed by atoms with Crippen molar-refractivity contribution < 1.29 is 24.5 Å². The van der Waals surface area contributed by atoms with Crippen LogP contribution >= 0.6 is 11.5 Å². The first kappa shape index (κ1) is 26.9. The summed E-state index contributed by atoms with van der Waals surface area (Å²) in [5, 5.41) is 24.1. The minimum Gasteiger partial charge on any atom is -0.477 e. The van der Waals surface area contributed by atoms with Crippen molar-refractivity contribution in [1.82, 2.24) is 19.5 Å². The standard InChI is InChI=1S/C24H35N5O5S/c1-18-5-7-19(8-6-18)17-34-21-20(23(31)32)22(35-27-21)26-24(33)25-9-3-2-4-10-28-11-13-29(14-12-28)15-16-30/h5-8,30H,2-4,9-17H2,1H3,(H,31,32)(H2,25,26,33). The predicted octanol–water partition coefficient (Wildman–Crippen LogP) is 2.63. The molecule has 192 valence electrons. The van der Waals surface area contributed by atoms with E-state index in [0.717, 1.165) is 81.2 Å². The van der Waals surface area contributed by atoms with Gasteiger partial charge in [0, 0.05) is 39.3 Å². The zero-order valence-electron chi connectivity index (χ0n) is 20.2. The van der Waals surface area contributed by atoms with Gasteiger partial charge < -0.3 is 25.2 Å². The fraction of sp³-hybridized carbons (Fsp3) is 0.542. The molecule has 1 aromatic heterocycles. The molecule has 1 aliphatic heterocycles. The number of carbonyl (C=O) groups excluding carboxylic acids is 1. The van der Waals surface area contributed by atoms with E-state index in [0.29, 0.717) is 6.54 Å². The lowest BCUT2D eigenvalue weighted by Gasteiger charge is -2.34. The molecule has 0 radical (unpaired) electrons. The fourth-order valence-electron chi connectivity index (χ4n) is 3.85. The van der Waals surface area contributed by atoms with Gasteiger partial charge in [0.15, 0.2) is 5.56 Å². The third kappa shape index (κ3) is 8.77. The monoisotopic (exact) mass is 505 g/mol. The summed E-state index contributed by atoms with van der Waals surface area (Å²) in [6, 6.07) is 7.27. The van der Waals surface area contributed by atoms with Gasteiger partial charge in [-0.1, -0.05) is 36.2 Å². The summed E-state index contributed by atoms with van der Waals surface area (Å²) < 4.78 is 9.69. The average Bonchev–Trinajstić information content (AvgIpc) is 3.24. The molecule has 1 saturated heterocycles. The van der Waals surface area contributed by atoms with Gasteiger partial charge in [0.1, 0.15) is 11.6 Å². The Bertz CT molecular complexity index is 944. The van der Waals surface area contributed by atoms with Crippen LogP contribution in [0.2, 0.25) is 0 Å². The Balaban J connectivity index is 1.35. The number of hydrogen-bond acceptors (Lipinski definition) is 8. The number of benzene rings is 1. The van der Waals surface area contributed by atoms with Crippen molar-refractivity contribution >= 4 is 28.5 Å². The predicted molar refractivity (Wildman–Crippen MR) is 135 cm³/mol. The highest BCUT2D eigenvalue weighted by Crippen LogP contribution is 2.31. The van der Waals surface area contributed by atoms with Crippen LogP contribution in [0.5, 0.6) is 5.88 Å². The first-order valence-corrected chi connectivity index (χ1v) is 12.8. The molecule has 2 aromatic rings. The third-order valence-corrected chi connectivity index (χ3v) is 6.66. The Morgan fingerprint density at radius 1 is 1.06 bits per heavy atom. The number of aromatic nitrogens is 1. The van der Waals surface area contributed by atoms with E-state index in [2.05, 4.69) is 24.8 Å². The minimum absolute atomic E-state index is 0.00410. The van der Waals surface area contributed by atoms with Crippen LogP contribution in [0.1, 0.15) is 40.7 Å². The zero-order valence-corrected chi connectivity index (χ0v) is 21.0. The Morgan fingerprint density at radius 2 is 1.74 bits per heavy atom. The topological polar surface area (TPSA) is 127 Å². The summed E-state index contributed by atoms with van der Waals surface area (Å²) in [7, 11) is 0. The third-order valence-electron chi connectivity index (χ3n) is 5.92. The highest BCUT2D eigenvalue weighted by Gasteiger charge is 2.23. The van der Waals surface area contributed by atoms with E-state index >= 15 is 0 Å². The van der Waals surface area contributed by atoms with Crippen molar-refractivity contribution in [2.75, 3.05) is 57.7 Å². The summed E-state index contributed by atoms with van der Waals surface area (Å²) in [4.78, 5) is 28.7.